The second-order valence-corrected chi connectivity index (χ2v) is 12.2. The van der Waals surface area contributed by atoms with Crippen molar-refractivity contribution in [2.45, 2.75) is 61.4 Å². The zero-order chi connectivity index (χ0) is 36.7. The second-order valence-electron chi connectivity index (χ2n) is 11.1. The molecule has 9 N–H and O–H groups in total. The van der Waals surface area contributed by atoms with Crippen LogP contribution < -0.4 is 24.4 Å². The Morgan fingerprint density at radius 1 is 0.760 bits per heavy atom. The fourth-order valence-corrected chi connectivity index (χ4v) is 5.87. The molecule has 21 heteroatoms. The van der Waals surface area contributed by atoms with Crippen molar-refractivity contribution in [3.05, 3.63) is 40.6 Å². The van der Waals surface area contributed by atoms with Gasteiger partial charge in [-0.1, -0.05) is 0 Å². The van der Waals surface area contributed by atoms with Crippen LogP contribution in [0.15, 0.2) is 39.5 Å². The first-order valence-electron chi connectivity index (χ1n) is 14.6. The Labute approximate surface area is 282 Å². The number of aromatic hydroxyl groups is 1. The average Bonchev–Trinajstić information content (AvgIpc) is 3.07. The third-order valence-electron chi connectivity index (χ3n) is 7.92. The van der Waals surface area contributed by atoms with Gasteiger partial charge in [0.15, 0.2) is 28.4 Å². The van der Waals surface area contributed by atoms with Gasteiger partial charge >= 0.3 is 10.8 Å². The van der Waals surface area contributed by atoms with Crippen molar-refractivity contribution >= 4 is 10.8 Å². The van der Waals surface area contributed by atoms with Gasteiger partial charge in [-0.15, -0.1) is 4.18 Å². The first-order chi connectivity index (χ1) is 23.6. The number of hydrogen-bond donors (Lipinski definition) is 9. The van der Waals surface area contributed by atoms with E-state index in [2.05, 4.69) is 4.18 Å². The van der Waals surface area contributed by atoms with Gasteiger partial charge in [0.2, 0.25) is 24.4 Å². The van der Waals surface area contributed by atoms with E-state index < -0.39 is 102 Å². The van der Waals surface area contributed by atoms with Crippen LogP contribution in [0.3, 0.4) is 0 Å². The average molecular weight is 735 g/mol. The molecule has 2 fully saturated rings. The van der Waals surface area contributed by atoms with E-state index in [0.29, 0.717) is 0 Å². The lowest BCUT2D eigenvalue weighted by molar-refractivity contribution is -0.277. The van der Waals surface area contributed by atoms with E-state index >= 15 is 0 Å². The summed E-state index contributed by atoms with van der Waals surface area (Å²) in [6, 6.07) is 5.63. The van der Waals surface area contributed by atoms with Crippen LogP contribution in [0.25, 0.3) is 22.6 Å². The van der Waals surface area contributed by atoms with Crippen LogP contribution >= 0.6 is 0 Å². The molecule has 5 rings (SSSR count). The van der Waals surface area contributed by atoms with Crippen LogP contribution in [0.1, 0.15) is 0 Å². The van der Waals surface area contributed by atoms with Crippen LogP contribution in [-0.4, -0.2) is 139 Å². The van der Waals surface area contributed by atoms with Gasteiger partial charge in [-0.2, -0.15) is 4.55 Å². The molecule has 1 aromatic carbocycles. The Balaban J connectivity index is 1.67. The summed E-state index contributed by atoms with van der Waals surface area (Å²) in [5, 5.41) is 82.0. The van der Waals surface area contributed by atoms with E-state index in [9.17, 15) is 59.0 Å². The van der Waals surface area contributed by atoms with E-state index in [1.165, 1.54) is 32.4 Å². The van der Waals surface area contributed by atoms with E-state index in [1.54, 1.807) is 0 Å². The SMILES string of the molecule is COc1cc(-c2oc3cc(=O)cc(O[C@@H]4O[C@H](CO)[C@@H](O)[C@H](O)[C@H]4O[S+](=O)([O-])O)c-3cc2O[C@@H]2O[C@H](CO)[C@@H](O)[C@H](O)[C@H]2O)cc(OC)c1O. The van der Waals surface area contributed by atoms with Crippen LogP contribution in [0.4, 0.5) is 0 Å². The van der Waals surface area contributed by atoms with Crippen LogP contribution in [-0.2, 0) is 28.6 Å². The zero-order valence-electron chi connectivity index (χ0n) is 26.0. The van der Waals surface area contributed by atoms with Gasteiger partial charge < -0.3 is 78.2 Å². The lowest BCUT2D eigenvalue weighted by Crippen LogP contribution is -2.61. The van der Waals surface area contributed by atoms with Crippen molar-refractivity contribution in [2.24, 2.45) is 0 Å². The largest absolute Gasteiger partial charge is 0.556 e. The van der Waals surface area contributed by atoms with Gasteiger partial charge in [0.05, 0.1) is 33.0 Å². The van der Waals surface area contributed by atoms with Crippen LogP contribution in [0.2, 0.25) is 0 Å². The molecule has 2 saturated heterocycles. The first kappa shape index (κ1) is 37.6. The van der Waals surface area contributed by atoms with Crippen molar-refractivity contribution in [1.29, 1.82) is 0 Å². The molecule has 0 aromatic heterocycles. The van der Waals surface area contributed by atoms with Crippen molar-refractivity contribution in [3.63, 3.8) is 0 Å². The number of rotatable bonds is 11. The minimum atomic E-state index is -5.30. The third kappa shape index (κ3) is 7.50. The molecule has 1 aromatic rings. The monoisotopic (exact) mass is 734 g/mol. The predicted molar refractivity (Wildman–Crippen MR) is 161 cm³/mol. The standard InChI is InChI=1S/C29H34O20S/c1-42-15-3-10(4-16(43-2)20(15)33)26-17(46-28-25(38)23(36)21(34)18(8-30)47-28)7-12-13(44-26)5-11(32)6-14(12)45-29-27(49-50(39,40)41)24(37)22(35)19(9-31)48-29/h3-7,18-19,21-25,27-31,34-38H,8-9H2,1-2H3,(H2-,32,33,39,40,41)/t18-,19-,21-,22-,23+,24+,25-,27-,28-,29-/m1/s1. The molecule has 0 saturated carbocycles. The lowest BCUT2D eigenvalue weighted by atomic mass is 9.99. The molecule has 0 bridgehead atoms. The molecule has 3 heterocycles. The summed E-state index contributed by atoms with van der Waals surface area (Å²) in [5.41, 5.74) is -0.814. The summed E-state index contributed by atoms with van der Waals surface area (Å²) in [6.07, 6.45) is -18.4. The Morgan fingerprint density at radius 2 is 1.32 bits per heavy atom. The van der Waals surface area contributed by atoms with Crippen molar-refractivity contribution < 1.29 is 91.2 Å². The normalized spacial score (nSPS) is 31.2. The molecule has 1 unspecified atom stereocenters. The number of aliphatic hydroxyl groups is 7. The van der Waals surface area contributed by atoms with E-state index in [1.807, 2.05) is 0 Å². The number of methoxy groups -OCH3 is 2. The van der Waals surface area contributed by atoms with Crippen molar-refractivity contribution in [2.75, 3.05) is 27.4 Å². The number of aliphatic hydroxyl groups excluding tert-OH is 7. The molecule has 11 atom stereocenters. The quantitative estimate of drug-likeness (QED) is 0.0922. The molecule has 0 spiro atoms. The number of benzene rings is 2. The highest BCUT2D eigenvalue weighted by Crippen LogP contribution is 2.46. The Bertz CT molecular complexity index is 1700. The lowest BCUT2D eigenvalue weighted by Gasteiger charge is -2.40. The zero-order valence-corrected chi connectivity index (χ0v) is 26.8. The Morgan fingerprint density at radius 3 is 1.88 bits per heavy atom. The molecular formula is C29H34O20S. The topological polar surface area (TPSA) is 317 Å². The molecule has 50 heavy (non-hydrogen) atoms. The van der Waals surface area contributed by atoms with E-state index in [0.717, 1.165) is 12.1 Å². The van der Waals surface area contributed by atoms with Gasteiger partial charge in [0.25, 0.3) is 0 Å². The summed E-state index contributed by atoms with van der Waals surface area (Å²) < 4.78 is 76.0. The number of fused-ring (bicyclic) bond motifs is 1. The highest BCUT2D eigenvalue weighted by molar-refractivity contribution is 7.87. The predicted octanol–water partition coefficient (Wildman–Crippen LogP) is -2.47. The smallest absolute Gasteiger partial charge is 0.334 e. The summed E-state index contributed by atoms with van der Waals surface area (Å²) >= 11 is 0. The fraction of sp³-hybridized carbons (Fsp3) is 0.483. The van der Waals surface area contributed by atoms with Gasteiger partial charge in [0, 0.05) is 17.7 Å². The first-order valence-corrected chi connectivity index (χ1v) is 16.0. The van der Waals surface area contributed by atoms with Crippen LogP contribution in [0.5, 0.6) is 28.7 Å². The molecule has 0 amide bonds. The highest BCUT2D eigenvalue weighted by Gasteiger charge is 2.51. The molecule has 3 aliphatic heterocycles. The number of hydrogen-bond acceptors (Lipinski definition) is 19. The third-order valence-corrected chi connectivity index (χ3v) is 8.39. The van der Waals surface area contributed by atoms with Gasteiger partial charge in [-0.05, 0) is 22.4 Å². The van der Waals surface area contributed by atoms with Gasteiger partial charge in [-0.3, -0.25) is 4.79 Å². The van der Waals surface area contributed by atoms with Crippen molar-refractivity contribution in [1.82, 2.24) is 0 Å². The number of phenolic OH excluding ortho intramolecular Hbond substituents is 1. The number of ether oxygens (including phenoxy) is 6. The molecule has 1 aliphatic carbocycles. The van der Waals surface area contributed by atoms with Gasteiger partial charge in [0.1, 0.15) is 54.2 Å². The molecule has 20 nitrogen and oxygen atoms in total. The van der Waals surface area contributed by atoms with E-state index in [4.69, 9.17) is 32.8 Å². The maximum absolute atomic E-state index is 12.9. The molecule has 4 aliphatic rings. The Hall–Kier alpha value is -3.68. The van der Waals surface area contributed by atoms with Crippen LogP contribution in [0, 0.1) is 0 Å². The van der Waals surface area contributed by atoms with E-state index in [-0.39, 0.29) is 39.9 Å². The van der Waals surface area contributed by atoms with Crippen molar-refractivity contribution in [3.8, 4) is 51.4 Å². The summed E-state index contributed by atoms with van der Waals surface area (Å²) in [4.78, 5) is 12.9. The molecule has 0 radical (unpaired) electrons. The Kier molecular flexibility index (Phi) is 11.2. The summed E-state index contributed by atoms with van der Waals surface area (Å²) in [7, 11) is -2.80. The fourth-order valence-electron chi connectivity index (χ4n) is 5.38. The van der Waals surface area contributed by atoms with Gasteiger partial charge in [-0.25, -0.2) is 0 Å². The molecular weight excluding hydrogens is 700 g/mol. The highest BCUT2D eigenvalue weighted by atomic mass is 32.3. The summed E-state index contributed by atoms with van der Waals surface area (Å²) in [5.74, 6) is -1.85. The summed E-state index contributed by atoms with van der Waals surface area (Å²) in [6.45, 7) is -1.69. The second kappa shape index (κ2) is 14.9. The minimum Gasteiger partial charge on any atom is -0.556 e. The molecule has 276 valence electrons. The maximum Gasteiger partial charge on any atom is 0.334 e. The number of phenols is 1. The maximum atomic E-state index is 12.9. The minimum absolute atomic E-state index is 0.0805.